The van der Waals surface area contributed by atoms with Crippen LogP contribution in [0.25, 0.3) is 11.3 Å². The van der Waals surface area contributed by atoms with Gasteiger partial charge in [0.15, 0.2) is 11.5 Å². The quantitative estimate of drug-likeness (QED) is 0.258. The Balaban J connectivity index is 1.40. The van der Waals surface area contributed by atoms with Crippen LogP contribution >= 0.6 is 0 Å². The van der Waals surface area contributed by atoms with Gasteiger partial charge in [0.1, 0.15) is 18.1 Å². The van der Waals surface area contributed by atoms with Gasteiger partial charge in [-0.2, -0.15) is 5.10 Å². The van der Waals surface area contributed by atoms with Gasteiger partial charge in [-0.25, -0.2) is 0 Å². The molecule has 1 atom stereocenters. The van der Waals surface area contributed by atoms with Gasteiger partial charge in [-0.1, -0.05) is 36.4 Å². The Bertz CT molecular complexity index is 1620. The molecule has 5 aromatic rings. The summed E-state index contributed by atoms with van der Waals surface area (Å²) in [6, 6.07) is 26.9. The van der Waals surface area contributed by atoms with E-state index in [0.29, 0.717) is 30.3 Å². The molecule has 1 amide bonds. The van der Waals surface area contributed by atoms with E-state index in [4.69, 9.17) is 14.2 Å². The molecule has 0 aliphatic carbocycles. The second kappa shape index (κ2) is 10.9. The molecule has 1 aliphatic heterocycles. The Hall–Kier alpha value is -5.11. The van der Waals surface area contributed by atoms with Crippen molar-refractivity contribution in [1.29, 1.82) is 0 Å². The van der Waals surface area contributed by atoms with E-state index < -0.39 is 6.04 Å². The SMILES string of the molecule is COc1ccc(-c2n[nH]c3c2C(c2ccc(OCc4ccccc4)c(OC)c2)N(Cc2ccncc2)C3=O)cc1. The summed E-state index contributed by atoms with van der Waals surface area (Å²) in [6.07, 6.45) is 3.47. The van der Waals surface area contributed by atoms with Gasteiger partial charge in [0.25, 0.3) is 5.91 Å². The van der Waals surface area contributed by atoms with E-state index in [2.05, 4.69) is 15.2 Å². The molecule has 0 saturated carbocycles. The van der Waals surface area contributed by atoms with Crippen molar-refractivity contribution in [3.05, 3.63) is 125 Å². The van der Waals surface area contributed by atoms with Crippen LogP contribution in [-0.4, -0.2) is 40.2 Å². The molecule has 3 heterocycles. The van der Waals surface area contributed by atoms with Gasteiger partial charge < -0.3 is 19.1 Å². The minimum absolute atomic E-state index is 0.118. The Kier molecular flexibility index (Phi) is 6.89. The van der Waals surface area contributed by atoms with Crippen molar-refractivity contribution in [1.82, 2.24) is 20.1 Å². The lowest BCUT2D eigenvalue weighted by atomic mass is 9.95. The molecule has 1 unspecified atom stereocenters. The van der Waals surface area contributed by atoms with Crippen LogP contribution < -0.4 is 14.2 Å². The lowest BCUT2D eigenvalue weighted by Crippen LogP contribution is -2.29. The van der Waals surface area contributed by atoms with Gasteiger partial charge in [0.2, 0.25) is 0 Å². The highest BCUT2D eigenvalue weighted by Crippen LogP contribution is 2.45. The highest BCUT2D eigenvalue weighted by Gasteiger charge is 2.42. The zero-order valence-corrected chi connectivity index (χ0v) is 22.2. The molecule has 6 rings (SSSR count). The fourth-order valence-corrected chi connectivity index (χ4v) is 5.07. The first-order valence-corrected chi connectivity index (χ1v) is 12.9. The normalized spacial score (nSPS) is 14.2. The van der Waals surface area contributed by atoms with Crippen LogP contribution in [0.15, 0.2) is 97.3 Å². The highest BCUT2D eigenvalue weighted by molar-refractivity contribution is 6.00. The maximum absolute atomic E-state index is 13.8. The summed E-state index contributed by atoms with van der Waals surface area (Å²) in [5, 5.41) is 7.59. The van der Waals surface area contributed by atoms with Gasteiger partial charge in [0, 0.05) is 30.1 Å². The summed E-state index contributed by atoms with van der Waals surface area (Å²) in [4.78, 5) is 19.8. The number of hydrogen-bond acceptors (Lipinski definition) is 6. The van der Waals surface area contributed by atoms with Crippen LogP contribution in [-0.2, 0) is 13.2 Å². The van der Waals surface area contributed by atoms with Crippen LogP contribution in [0.2, 0.25) is 0 Å². The largest absolute Gasteiger partial charge is 0.497 e. The predicted molar refractivity (Wildman–Crippen MR) is 150 cm³/mol. The van der Waals surface area contributed by atoms with Crippen molar-refractivity contribution in [2.75, 3.05) is 14.2 Å². The Morgan fingerprint density at radius 3 is 2.35 bits per heavy atom. The van der Waals surface area contributed by atoms with Crippen molar-refractivity contribution in [2.45, 2.75) is 19.2 Å². The van der Waals surface area contributed by atoms with Crippen LogP contribution in [0.5, 0.6) is 17.2 Å². The summed E-state index contributed by atoms with van der Waals surface area (Å²) >= 11 is 0. The number of nitrogens with one attached hydrogen (secondary N) is 1. The van der Waals surface area contributed by atoms with E-state index in [0.717, 1.165) is 39.3 Å². The summed E-state index contributed by atoms with van der Waals surface area (Å²) in [5.41, 5.74) is 5.84. The number of carbonyl (C=O) groups is 1. The van der Waals surface area contributed by atoms with Gasteiger partial charge in [-0.3, -0.25) is 14.9 Å². The zero-order chi connectivity index (χ0) is 27.5. The lowest BCUT2D eigenvalue weighted by Gasteiger charge is -2.27. The van der Waals surface area contributed by atoms with Gasteiger partial charge in [-0.15, -0.1) is 0 Å². The third-order valence-corrected chi connectivity index (χ3v) is 7.07. The molecule has 40 heavy (non-hydrogen) atoms. The molecule has 8 heteroatoms. The van der Waals surface area contributed by atoms with E-state index >= 15 is 0 Å². The summed E-state index contributed by atoms with van der Waals surface area (Å²) in [7, 11) is 3.25. The standard InChI is InChI=1S/C32H28N4O4/c1-38-25-11-8-23(9-12-25)29-28-30(35-34-29)32(37)36(19-21-14-16-33-17-15-21)31(28)24-10-13-26(27(18-24)39-2)40-20-22-6-4-3-5-7-22/h3-18,31H,19-20H2,1-2H3,(H,34,35). The van der Waals surface area contributed by atoms with Crippen molar-refractivity contribution in [2.24, 2.45) is 0 Å². The molecule has 0 saturated heterocycles. The van der Waals surface area contributed by atoms with E-state index in [9.17, 15) is 4.79 Å². The summed E-state index contributed by atoms with van der Waals surface area (Å²) in [5.74, 6) is 1.85. The average molecular weight is 533 g/mol. The molecule has 200 valence electrons. The Morgan fingerprint density at radius 2 is 1.62 bits per heavy atom. The lowest BCUT2D eigenvalue weighted by molar-refractivity contribution is 0.0729. The van der Waals surface area contributed by atoms with Crippen LogP contribution in [0.1, 0.15) is 38.8 Å². The third kappa shape index (κ3) is 4.75. The Labute approximate surface area is 232 Å². The molecule has 0 fully saturated rings. The number of fused-ring (bicyclic) bond motifs is 1. The number of carbonyl (C=O) groups excluding carboxylic acids is 1. The minimum atomic E-state index is -0.399. The maximum atomic E-state index is 13.8. The monoisotopic (exact) mass is 532 g/mol. The fraction of sp³-hybridized carbons (Fsp3) is 0.156. The number of benzene rings is 3. The smallest absolute Gasteiger partial charge is 0.273 e. The first-order valence-electron chi connectivity index (χ1n) is 12.9. The van der Waals surface area contributed by atoms with Crippen molar-refractivity contribution < 1.29 is 19.0 Å². The predicted octanol–water partition coefficient (Wildman–Crippen LogP) is 5.81. The van der Waals surface area contributed by atoms with Crippen LogP contribution in [0.3, 0.4) is 0 Å². The number of hydrogen-bond donors (Lipinski definition) is 1. The van der Waals surface area contributed by atoms with Gasteiger partial charge >= 0.3 is 0 Å². The summed E-state index contributed by atoms with van der Waals surface area (Å²) in [6.45, 7) is 0.825. The molecule has 1 aliphatic rings. The number of ether oxygens (including phenoxy) is 3. The van der Waals surface area contributed by atoms with E-state index in [-0.39, 0.29) is 5.91 Å². The van der Waals surface area contributed by atoms with E-state index in [1.807, 2.05) is 89.8 Å². The van der Waals surface area contributed by atoms with E-state index in [1.165, 1.54) is 0 Å². The molecule has 0 spiro atoms. The third-order valence-electron chi connectivity index (χ3n) is 7.07. The second-order valence-electron chi connectivity index (χ2n) is 9.47. The number of amides is 1. The zero-order valence-electron chi connectivity index (χ0n) is 22.2. The molecule has 3 aromatic carbocycles. The average Bonchev–Trinajstić information content (AvgIpc) is 3.56. The molecule has 1 N–H and O–H groups in total. The molecule has 8 nitrogen and oxygen atoms in total. The second-order valence-corrected chi connectivity index (χ2v) is 9.47. The molecular formula is C32H28N4O4. The summed E-state index contributed by atoms with van der Waals surface area (Å²) < 4.78 is 17.2. The first kappa shape index (κ1) is 25.2. The van der Waals surface area contributed by atoms with Crippen molar-refractivity contribution in [3.63, 3.8) is 0 Å². The Morgan fingerprint density at radius 1 is 0.850 bits per heavy atom. The van der Waals surface area contributed by atoms with Gasteiger partial charge in [-0.05, 0) is 65.2 Å². The minimum Gasteiger partial charge on any atom is -0.497 e. The van der Waals surface area contributed by atoms with Crippen molar-refractivity contribution in [3.8, 4) is 28.5 Å². The van der Waals surface area contributed by atoms with Gasteiger partial charge in [0.05, 0.1) is 26.0 Å². The number of aromatic amines is 1. The number of pyridine rings is 1. The number of nitrogens with zero attached hydrogens (tertiary/aromatic N) is 3. The van der Waals surface area contributed by atoms with Crippen LogP contribution in [0.4, 0.5) is 0 Å². The first-order chi connectivity index (χ1) is 19.7. The molecule has 0 bridgehead atoms. The maximum Gasteiger partial charge on any atom is 0.273 e. The number of methoxy groups -OCH3 is 2. The highest BCUT2D eigenvalue weighted by atomic mass is 16.5. The number of H-pyrrole nitrogens is 1. The molecule has 0 radical (unpaired) electrons. The molecule has 2 aromatic heterocycles. The fourth-order valence-electron chi connectivity index (χ4n) is 5.07. The van der Waals surface area contributed by atoms with E-state index in [1.54, 1.807) is 26.6 Å². The number of rotatable bonds is 9. The topological polar surface area (TPSA) is 89.6 Å². The number of aromatic nitrogens is 3. The van der Waals surface area contributed by atoms with Crippen LogP contribution in [0, 0.1) is 0 Å². The molecular weight excluding hydrogens is 504 g/mol. The van der Waals surface area contributed by atoms with Crippen molar-refractivity contribution >= 4 is 5.91 Å².